The van der Waals surface area contributed by atoms with Gasteiger partial charge in [-0.15, -0.1) is 5.46 Å². The summed E-state index contributed by atoms with van der Waals surface area (Å²) in [5, 5.41) is 9.15. The molecule has 8 aliphatic heterocycles. The number of fused-ring (bicyclic) bond motifs is 6. The van der Waals surface area contributed by atoms with E-state index in [-0.39, 0.29) is 140 Å². The maximum atomic E-state index is 9.15. The maximum Gasteiger partial charge on any atom is 2.00 e. The van der Waals surface area contributed by atoms with Crippen LogP contribution in [-0.2, 0) is 42.0 Å². The summed E-state index contributed by atoms with van der Waals surface area (Å²) in [4.78, 5) is 0. The predicted molar refractivity (Wildman–Crippen MR) is 205 cm³/mol. The molecule has 4 N–H and O–H groups in total. The minimum Gasteiger partial charge on any atom is -1.00 e. The van der Waals surface area contributed by atoms with Crippen LogP contribution in [0, 0.1) is 22.3 Å². The quantitative estimate of drug-likeness (QED) is 0.204. The van der Waals surface area contributed by atoms with Crippen LogP contribution in [0.25, 0.3) is 0 Å². The minimum atomic E-state index is -1.65. The molecule has 11 rings (SSSR count). The van der Waals surface area contributed by atoms with Gasteiger partial charge in [0.15, 0.2) is 0 Å². The maximum absolute atomic E-state index is 9.15. The number of halogens is 1. The molecule has 8 aliphatic rings. The molecule has 3 aromatic carbocycles. The monoisotopic (exact) mass is 865 g/mol. The molecule has 8 saturated heterocycles. The molecule has 0 radical (unpaired) electrons. The van der Waals surface area contributed by atoms with Gasteiger partial charge in [0.05, 0.1) is 6.61 Å². The molecular weight excluding hydrogens is 812 g/mol. The molecule has 0 amide bonds. The van der Waals surface area contributed by atoms with Crippen molar-refractivity contribution in [2.45, 2.75) is 33.6 Å². The van der Waals surface area contributed by atoms with Gasteiger partial charge in [-0.2, -0.15) is 36.4 Å². The molecule has 55 heavy (non-hydrogen) atoms. The molecule has 3 aromatic rings. The second-order valence-electron chi connectivity index (χ2n) is 14.6. The number of aliphatic hydroxyl groups is 1. The number of aliphatic hydroxyl groups excluding tert-OH is 1. The summed E-state index contributed by atoms with van der Waals surface area (Å²) in [6.07, 6.45) is 2.56. The van der Waals surface area contributed by atoms with Crippen molar-refractivity contribution >= 4 is 55.2 Å². The third kappa shape index (κ3) is 17.8. The van der Waals surface area contributed by atoms with Crippen LogP contribution < -0.4 is 79.3 Å². The van der Waals surface area contributed by atoms with Crippen LogP contribution in [0.1, 0.15) is 33.6 Å². The van der Waals surface area contributed by atoms with E-state index in [2.05, 4.69) is 19.9 Å². The van der Waals surface area contributed by atoms with Crippen LogP contribution in [0.2, 0.25) is 0 Å². The van der Waals surface area contributed by atoms with Gasteiger partial charge in [0, 0.05) is 82.3 Å². The van der Waals surface area contributed by atoms with Gasteiger partial charge in [-0.3, -0.25) is 0 Å². The van der Waals surface area contributed by atoms with Gasteiger partial charge in [-0.25, -0.2) is 0 Å². The number of rotatable bonds is 3. The zero-order chi connectivity index (χ0) is 35.2. The molecule has 18 heteroatoms. The molecule has 0 spiro atoms. The average molecular weight is 867 g/mol. The van der Waals surface area contributed by atoms with Gasteiger partial charge in [0.2, 0.25) is 0 Å². The van der Waals surface area contributed by atoms with Crippen LogP contribution in [0.4, 0.5) is 0 Å². The summed E-state index contributed by atoms with van der Waals surface area (Å²) in [6, 6.07) is 32.3. The Morgan fingerprint density at radius 2 is 1.09 bits per heavy atom. The molecular formula is C37H54B3BrKMgO12-. The van der Waals surface area contributed by atoms with Crippen molar-refractivity contribution in [2.24, 2.45) is 16.2 Å². The van der Waals surface area contributed by atoms with E-state index >= 15 is 0 Å². The van der Waals surface area contributed by atoms with E-state index < -0.39 is 6.75 Å². The van der Waals surface area contributed by atoms with Gasteiger partial charge in [0.25, 0.3) is 0 Å². The van der Waals surface area contributed by atoms with Crippen LogP contribution >= 0.6 is 0 Å². The van der Waals surface area contributed by atoms with E-state index in [0.29, 0.717) is 13.2 Å². The first-order valence-corrected chi connectivity index (χ1v) is 17.6. The van der Waals surface area contributed by atoms with E-state index in [1.165, 1.54) is 12.8 Å². The molecule has 8 fully saturated rings. The fourth-order valence-electron chi connectivity index (χ4n) is 5.65. The van der Waals surface area contributed by atoms with Crippen LogP contribution in [0.15, 0.2) is 91.0 Å². The fourth-order valence-corrected chi connectivity index (χ4v) is 5.65. The van der Waals surface area contributed by atoms with Gasteiger partial charge in [-0.1, -0.05) is 81.4 Å². The van der Waals surface area contributed by atoms with E-state index in [1.54, 1.807) is 0 Å². The first-order chi connectivity index (χ1) is 24.2. The normalized spacial score (nSPS) is 24.4. The third-order valence-corrected chi connectivity index (χ3v) is 8.92. The van der Waals surface area contributed by atoms with Gasteiger partial charge in [0.1, 0.15) is 0 Å². The Morgan fingerprint density at radius 3 is 1.44 bits per heavy atom. The smallest absolute Gasteiger partial charge is 1.00 e. The fraction of sp³-hybridized carbons (Fsp3) is 0.514. The number of hydrogen-bond donors (Lipinski definition) is 1. The first kappa shape index (κ1) is 55.3. The Morgan fingerprint density at radius 1 is 0.655 bits per heavy atom. The van der Waals surface area contributed by atoms with Crippen molar-refractivity contribution in [3.63, 3.8) is 0 Å². The second kappa shape index (κ2) is 27.9. The molecule has 0 saturated carbocycles. The van der Waals surface area contributed by atoms with E-state index in [4.69, 9.17) is 47.1 Å². The van der Waals surface area contributed by atoms with Crippen LogP contribution in [0.5, 0.6) is 0 Å². The Kier molecular flexibility index (Phi) is 28.0. The molecule has 4 bridgehead atoms. The summed E-state index contributed by atoms with van der Waals surface area (Å²) in [5.41, 5.74) is 1.93. The van der Waals surface area contributed by atoms with E-state index in [9.17, 15) is 0 Å². The molecule has 8 heterocycles. The van der Waals surface area contributed by atoms with E-state index in [0.717, 1.165) is 63.8 Å². The summed E-state index contributed by atoms with van der Waals surface area (Å²) in [7, 11) is -0.655. The molecule has 0 aliphatic carbocycles. The molecule has 0 unspecified atom stereocenters. The van der Waals surface area contributed by atoms with Crippen molar-refractivity contribution in [3.05, 3.63) is 97.1 Å². The summed E-state index contributed by atoms with van der Waals surface area (Å²) >= 11 is 0. The van der Waals surface area contributed by atoms with Crippen molar-refractivity contribution in [2.75, 3.05) is 72.7 Å². The summed E-state index contributed by atoms with van der Waals surface area (Å²) < 4.78 is 48.8. The Hall–Kier alpha value is 0.257. The molecule has 294 valence electrons. The first-order valence-electron chi connectivity index (χ1n) is 17.6. The Labute approximate surface area is 397 Å². The molecule has 12 nitrogen and oxygen atoms in total. The SMILES string of the molecule is C1CCOC1.CC1(CO)COB(c2ccccc2)OC1.CC12COB(OC1)OC2.CC12CO[B-](c3ccccc3)(OC1)OC2.O.[Br-].[K+].[Mg+2].[OH-].[c-]1ccccc1. The van der Waals surface area contributed by atoms with Gasteiger partial charge >= 0.3 is 95.6 Å². The zero-order valence-corrected chi connectivity index (χ0v) is 38.9. The van der Waals surface area contributed by atoms with Crippen LogP contribution in [0.3, 0.4) is 0 Å². The van der Waals surface area contributed by atoms with Crippen LogP contribution in [-0.4, -0.2) is 133 Å². The predicted octanol–water partition coefficient (Wildman–Crippen LogP) is -3.69. The van der Waals surface area contributed by atoms with Crippen molar-refractivity contribution in [1.29, 1.82) is 0 Å². The van der Waals surface area contributed by atoms with E-state index in [1.807, 2.05) is 97.9 Å². The number of ether oxygens (including phenoxy) is 1. The number of hydrogen-bond acceptors (Lipinski definition) is 11. The minimum absolute atomic E-state index is 0. The largest absolute Gasteiger partial charge is 2.00 e. The standard InChI is InChI=1S/C11H14BO3.C11H15BO3.C6H5.C5H9BO3.C4H8O.BrH.K.Mg.2H2O/c1-11-7-13-12(14-8-11,15-9-11)10-5-3-2-4-6-10;1-11(7-13)8-14-12(15-9-11)10-5-3-2-4-6-10;1-2-4-6-5-3-1;1-5-2-7-6(8-3-5)9-4-5;1-2-4-5-3-1;;;;;/h2-6H,7-9H2,1H3;2-6,13H,7-9H2,1H3;1-5H;2-4H2,1H3;1-4H2;1H;;;2*1H2/q-1;;-1;;;;+1;+2;;/p-2. The molecule has 0 atom stereocenters. The second-order valence-corrected chi connectivity index (χ2v) is 14.6. The Bertz CT molecular complexity index is 1300. The van der Waals surface area contributed by atoms with Crippen molar-refractivity contribution < 1.29 is 126 Å². The van der Waals surface area contributed by atoms with Crippen molar-refractivity contribution in [3.8, 4) is 0 Å². The summed E-state index contributed by atoms with van der Waals surface area (Å²) in [6.45, 7) is 12.2. The third-order valence-electron chi connectivity index (χ3n) is 8.92. The molecule has 0 aromatic heterocycles. The summed E-state index contributed by atoms with van der Waals surface area (Å²) in [5.74, 6) is 0. The zero-order valence-electron chi connectivity index (χ0n) is 32.7. The Balaban J connectivity index is 0.000000683. The van der Waals surface area contributed by atoms with Crippen molar-refractivity contribution in [1.82, 2.24) is 0 Å². The number of benzene rings is 3. The topological polar surface area (TPSA) is 165 Å². The average Bonchev–Trinajstić information content (AvgIpc) is 3.79. The van der Waals surface area contributed by atoms with Gasteiger partial charge < -0.3 is 75.0 Å². The van der Waals surface area contributed by atoms with Gasteiger partial charge in [-0.05, 0) is 18.3 Å².